The van der Waals surface area contributed by atoms with Crippen molar-refractivity contribution in [3.8, 4) is 0 Å². The first kappa shape index (κ1) is 23.2. The smallest absolute Gasteiger partial charge is 0.271 e. The van der Waals surface area contributed by atoms with E-state index in [0.717, 1.165) is 41.6 Å². The molecular formula is C30H22Cl2N2OS. The molecule has 6 heteroatoms. The standard InChI is InChI=1S/C30H22Cl2N2OS/c31-23-15-14-21(25(32)18-23)17-26-29(35)34-28(20-10-5-2-6-11-20)24-13-7-12-22(27(24)33-30(34)36-26)16-19-8-3-1-4-9-19/h1-6,8-11,14-18,28H,7,12-13H2/b22-16+,26-17+/t28-/m0/s1. The fraction of sp³-hybridized carbons (Fsp3) is 0.133. The van der Waals surface area contributed by atoms with E-state index in [9.17, 15) is 4.79 Å². The number of fused-ring (bicyclic) bond motifs is 1. The average molecular weight is 529 g/mol. The Morgan fingerprint density at radius 3 is 2.42 bits per heavy atom. The topological polar surface area (TPSA) is 34.4 Å². The lowest BCUT2D eigenvalue weighted by Gasteiger charge is -2.31. The highest BCUT2D eigenvalue weighted by Crippen LogP contribution is 2.41. The van der Waals surface area contributed by atoms with E-state index in [0.29, 0.717) is 19.4 Å². The zero-order valence-corrected chi connectivity index (χ0v) is 21.7. The SMILES string of the molecule is O=c1/c(=C\c2ccc(Cl)cc2Cl)sc2n1[C@@H](c1ccccc1)C1=C(N=2)/C(=C/c2ccccc2)CCC1. The summed E-state index contributed by atoms with van der Waals surface area (Å²) in [6.45, 7) is 0. The van der Waals surface area contributed by atoms with Crippen LogP contribution in [0.1, 0.15) is 42.0 Å². The van der Waals surface area contributed by atoms with Crippen molar-refractivity contribution in [2.45, 2.75) is 25.3 Å². The van der Waals surface area contributed by atoms with Gasteiger partial charge >= 0.3 is 0 Å². The third-order valence-corrected chi connectivity index (χ3v) is 8.18. The van der Waals surface area contributed by atoms with E-state index in [1.807, 2.05) is 41.0 Å². The number of hydrogen-bond donors (Lipinski definition) is 0. The second kappa shape index (κ2) is 9.70. The molecular weight excluding hydrogens is 507 g/mol. The molecule has 3 nitrogen and oxygen atoms in total. The molecule has 0 bridgehead atoms. The molecule has 2 aliphatic rings. The maximum absolute atomic E-state index is 13.8. The van der Waals surface area contributed by atoms with Crippen molar-refractivity contribution in [2.24, 2.45) is 4.99 Å². The molecule has 178 valence electrons. The van der Waals surface area contributed by atoms with E-state index >= 15 is 0 Å². The molecule has 0 radical (unpaired) electrons. The van der Waals surface area contributed by atoms with Gasteiger partial charge in [0.25, 0.3) is 5.56 Å². The molecule has 0 spiro atoms. The minimum Gasteiger partial charge on any atom is -0.272 e. The zero-order valence-electron chi connectivity index (χ0n) is 19.3. The fourth-order valence-corrected chi connectivity index (χ4v) is 6.46. The van der Waals surface area contributed by atoms with Gasteiger partial charge in [-0.2, -0.15) is 0 Å². The first-order chi connectivity index (χ1) is 17.6. The van der Waals surface area contributed by atoms with E-state index in [4.69, 9.17) is 28.2 Å². The lowest BCUT2D eigenvalue weighted by molar-refractivity contribution is 0.553. The second-order valence-electron chi connectivity index (χ2n) is 8.97. The van der Waals surface area contributed by atoms with Crippen LogP contribution in [-0.4, -0.2) is 4.57 Å². The maximum Gasteiger partial charge on any atom is 0.271 e. The van der Waals surface area contributed by atoms with Gasteiger partial charge in [-0.3, -0.25) is 9.36 Å². The zero-order chi connectivity index (χ0) is 24.6. The molecule has 1 aliphatic heterocycles. The molecule has 0 unspecified atom stereocenters. The van der Waals surface area contributed by atoms with Crippen molar-refractivity contribution in [1.82, 2.24) is 4.57 Å². The first-order valence-electron chi connectivity index (χ1n) is 11.9. The summed E-state index contributed by atoms with van der Waals surface area (Å²) >= 11 is 13.9. The van der Waals surface area contributed by atoms with Crippen LogP contribution < -0.4 is 14.9 Å². The number of halogens is 2. The minimum absolute atomic E-state index is 0.0515. The number of aromatic nitrogens is 1. The molecule has 1 aromatic heterocycles. The van der Waals surface area contributed by atoms with E-state index in [2.05, 4.69) is 42.5 Å². The highest BCUT2D eigenvalue weighted by atomic mass is 35.5. The van der Waals surface area contributed by atoms with Crippen LogP contribution in [0.4, 0.5) is 0 Å². The van der Waals surface area contributed by atoms with Gasteiger partial charge < -0.3 is 0 Å². The number of nitrogens with zero attached hydrogens (tertiary/aromatic N) is 2. The van der Waals surface area contributed by atoms with Crippen molar-refractivity contribution in [3.63, 3.8) is 0 Å². The Kier molecular flexibility index (Phi) is 6.26. The van der Waals surface area contributed by atoms with Crippen molar-refractivity contribution >= 4 is 46.7 Å². The van der Waals surface area contributed by atoms with Crippen molar-refractivity contribution in [3.05, 3.63) is 142 Å². The van der Waals surface area contributed by atoms with E-state index in [-0.39, 0.29) is 11.6 Å². The van der Waals surface area contributed by atoms with Gasteiger partial charge in [-0.1, -0.05) is 101 Å². The van der Waals surface area contributed by atoms with Gasteiger partial charge in [0.2, 0.25) is 0 Å². The van der Waals surface area contributed by atoms with Gasteiger partial charge in [-0.25, -0.2) is 4.99 Å². The number of benzene rings is 3. The Labute approximate surface area is 223 Å². The van der Waals surface area contributed by atoms with Crippen LogP contribution in [0.5, 0.6) is 0 Å². The Bertz CT molecular complexity index is 1700. The average Bonchev–Trinajstić information content (AvgIpc) is 3.20. The molecule has 36 heavy (non-hydrogen) atoms. The van der Waals surface area contributed by atoms with Gasteiger partial charge in [0.05, 0.1) is 16.3 Å². The lowest BCUT2D eigenvalue weighted by atomic mass is 9.84. The summed E-state index contributed by atoms with van der Waals surface area (Å²) in [5.74, 6) is 0. The molecule has 3 aromatic carbocycles. The molecule has 0 saturated heterocycles. The Hall–Kier alpha value is -3.18. The van der Waals surface area contributed by atoms with E-state index in [1.54, 1.807) is 12.1 Å². The van der Waals surface area contributed by atoms with Gasteiger partial charge in [0, 0.05) is 10.0 Å². The third-order valence-electron chi connectivity index (χ3n) is 6.64. The number of hydrogen-bond acceptors (Lipinski definition) is 3. The molecule has 0 amide bonds. The van der Waals surface area contributed by atoms with Gasteiger partial charge in [0.1, 0.15) is 0 Å². The maximum atomic E-state index is 13.8. The second-order valence-corrected chi connectivity index (χ2v) is 10.8. The third kappa shape index (κ3) is 4.30. The summed E-state index contributed by atoms with van der Waals surface area (Å²) in [6.07, 6.45) is 6.99. The quantitative estimate of drug-likeness (QED) is 0.288. The van der Waals surface area contributed by atoms with Crippen LogP contribution in [0.3, 0.4) is 0 Å². The van der Waals surface area contributed by atoms with Gasteiger partial charge in [-0.05, 0) is 71.4 Å². The normalized spacial score (nSPS) is 18.7. The number of thiazole rings is 1. The molecule has 4 aromatic rings. The van der Waals surface area contributed by atoms with Gasteiger partial charge in [0.15, 0.2) is 4.80 Å². The Morgan fingerprint density at radius 2 is 1.67 bits per heavy atom. The van der Waals surface area contributed by atoms with E-state index in [1.165, 1.54) is 22.5 Å². The summed E-state index contributed by atoms with van der Waals surface area (Å²) in [5, 5.41) is 1.08. The predicted molar refractivity (Wildman–Crippen MR) is 149 cm³/mol. The molecule has 0 N–H and O–H groups in total. The molecule has 0 saturated carbocycles. The fourth-order valence-electron chi connectivity index (χ4n) is 5.00. The van der Waals surface area contributed by atoms with Crippen molar-refractivity contribution in [2.75, 3.05) is 0 Å². The van der Waals surface area contributed by atoms with Crippen LogP contribution in [-0.2, 0) is 0 Å². The largest absolute Gasteiger partial charge is 0.272 e. The number of rotatable bonds is 3. The van der Waals surface area contributed by atoms with Crippen LogP contribution in [0.25, 0.3) is 12.2 Å². The van der Waals surface area contributed by atoms with Crippen molar-refractivity contribution in [1.29, 1.82) is 0 Å². The van der Waals surface area contributed by atoms with Crippen LogP contribution in [0.2, 0.25) is 10.0 Å². The van der Waals surface area contributed by atoms with E-state index < -0.39 is 0 Å². The summed E-state index contributed by atoms with van der Waals surface area (Å²) in [4.78, 5) is 19.6. The lowest BCUT2D eigenvalue weighted by Crippen LogP contribution is -2.39. The summed E-state index contributed by atoms with van der Waals surface area (Å²) in [5.41, 5.74) is 6.42. The van der Waals surface area contributed by atoms with Crippen LogP contribution in [0.15, 0.2) is 105 Å². The van der Waals surface area contributed by atoms with Crippen LogP contribution in [0, 0.1) is 0 Å². The monoisotopic (exact) mass is 528 g/mol. The molecule has 2 heterocycles. The number of allylic oxidation sites excluding steroid dienone is 2. The molecule has 6 rings (SSSR count). The van der Waals surface area contributed by atoms with Crippen molar-refractivity contribution < 1.29 is 0 Å². The summed E-state index contributed by atoms with van der Waals surface area (Å²) in [6, 6.07) is 25.8. The summed E-state index contributed by atoms with van der Waals surface area (Å²) in [7, 11) is 0. The molecule has 1 atom stereocenters. The molecule has 1 aliphatic carbocycles. The Balaban J connectivity index is 1.59. The summed E-state index contributed by atoms with van der Waals surface area (Å²) < 4.78 is 2.47. The first-order valence-corrected chi connectivity index (χ1v) is 13.5. The predicted octanol–water partition coefficient (Wildman–Crippen LogP) is 6.79. The molecule has 0 fully saturated rings. The Morgan fingerprint density at radius 1 is 0.917 bits per heavy atom. The highest BCUT2D eigenvalue weighted by molar-refractivity contribution is 7.07. The highest BCUT2D eigenvalue weighted by Gasteiger charge is 2.32. The van der Waals surface area contributed by atoms with Crippen LogP contribution >= 0.6 is 34.5 Å². The van der Waals surface area contributed by atoms with Gasteiger partial charge in [-0.15, -0.1) is 0 Å². The minimum atomic E-state index is -0.181.